The fraction of sp³-hybridized carbons (Fsp3) is 0.667. The Kier molecular flexibility index (Phi) is 5.15. The molecule has 0 bridgehead atoms. The van der Waals surface area contributed by atoms with Gasteiger partial charge in [0, 0.05) is 31.5 Å². The molecule has 0 saturated carbocycles. The second kappa shape index (κ2) is 6.28. The Morgan fingerprint density at radius 3 is 2.33 bits per heavy atom. The van der Waals surface area contributed by atoms with Gasteiger partial charge in [-0.05, 0) is 13.8 Å². The first kappa shape index (κ1) is 17.2. The van der Waals surface area contributed by atoms with Gasteiger partial charge in [-0.15, -0.1) is 0 Å². The van der Waals surface area contributed by atoms with Crippen molar-refractivity contribution in [3.8, 4) is 0 Å². The first-order valence-electron chi connectivity index (χ1n) is 7.14. The molecule has 6 nitrogen and oxygen atoms in total. The fourth-order valence-electron chi connectivity index (χ4n) is 1.95. The zero-order valence-electron chi connectivity index (χ0n) is 14.0. The zero-order valence-corrected chi connectivity index (χ0v) is 14.0. The van der Waals surface area contributed by atoms with E-state index in [2.05, 4.69) is 31.2 Å². The van der Waals surface area contributed by atoms with Gasteiger partial charge in [0.25, 0.3) is 0 Å². The Morgan fingerprint density at radius 1 is 1.38 bits per heavy atom. The lowest BCUT2D eigenvalue weighted by molar-refractivity contribution is -0.134. The van der Waals surface area contributed by atoms with Crippen molar-refractivity contribution in [3.63, 3.8) is 0 Å². The monoisotopic (exact) mass is 294 g/mol. The molecule has 1 N–H and O–H groups in total. The minimum atomic E-state index is -0.220. The van der Waals surface area contributed by atoms with Crippen molar-refractivity contribution < 1.29 is 9.59 Å². The summed E-state index contributed by atoms with van der Waals surface area (Å²) < 4.78 is 1.64. The highest BCUT2D eigenvalue weighted by Crippen LogP contribution is 2.23. The molecule has 21 heavy (non-hydrogen) atoms. The van der Waals surface area contributed by atoms with Gasteiger partial charge in [0.05, 0.1) is 5.69 Å². The number of nitrogens with zero attached hydrogens (tertiary/aromatic N) is 3. The summed E-state index contributed by atoms with van der Waals surface area (Å²) in [6.07, 6.45) is 0. The average Bonchev–Trinajstić information content (AvgIpc) is 2.67. The first-order chi connectivity index (χ1) is 9.52. The molecule has 0 aliphatic rings. The molecule has 0 saturated heterocycles. The van der Waals surface area contributed by atoms with Crippen LogP contribution in [-0.2, 0) is 22.1 Å². The minimum Gasteiger partial charge on any atom is -0.331 e. The lowest BCUT2D eigenvalue weighted by Crippen LogP contribution is -2.41. The molecule has 0 unspecified atom stereocenters. The number of amides is 2. The largest absolute Gasteiger partial charge is 0.331 e. The molecular weight excluding hydrogens is 268 g/mol. The Hall–Kier alpha value is -1.85. The fourth-order valence-corrected chi connectivity index (χ4v) is 1.95. The number of carbonyl (C=O) groups excluding carboxylic acids is 2. The van der Waals surface area contributed by atoms with E-state index in [4.69, 9.17) is 0 Å². The van der Waals surface area contributed by atoms with Gasteiger partial charge in [0.1, 0.15) is 12.4 Å². The van der Waals surface area contributed by atoms with Gasteiger partial charge in [-0.2, -0.15) is 5.10 Å². The van der Waals surface area contributed by atoms with E-state index in [0.29, 0.717) is 5.82 Å². The molecule has 2 amide bonds. The summed E-state index contributed by atoms with van der Waals surface area (Å²) in [7, 11) is 1.79. The van der Waals surface area contributed by atoms with Crippen LogP contribution in [0.5, 0.6) is 0 Å². The molecule has 6 heteroatoms. The second-order valence-electron chi connectivity index (χ2n) is 6.58. The van der Waals surface area contributed by atoms with Crippen LogP contribution in [0.1, 0.15) is 47.2 Å². The van der Waals surface area contributed by atoms with Crippen molar-refractivity contribution in [1.82, 2.24) is 14.7 Å². The molecule has 0 fully saturated rings. The predicted molar refractivity (Wildman–Crippen MR) is 83.1 cm³/mol. The smallest absolute Gasteiger partial charge is 0.245 e. The van der Waals surface area contributed by atoms with Crippen LogP contribution in [0.25, 0.3) is 0 Å². The number of aromatic nitrogens is 2. The molecule has 0 spiro atoms. The van der Waals surface area contributed by atoms with Gasteiger partial charge in [0.15, 0.2) is 0 Å². The molecule has 1 heterocycles. The molecule has 1 aromatic rings. The van der Waals surface area contributed by atoms with Crippen molar-refractivity contribution in [2.24, 2.45) is 7.05 Å². The second-order valence-corrected chi connectivity index (χ2v) is 6.58. The van der Waals surface area contributed by atoms with Gasteiger partial charge in [-0.3, -0.25) is 14.3 Å². The number of nitrogens with one attached hydrogen (secondary N) is 1. The van der Waals surface area contributed by atoms with E-state index in [1.165, 1.54) is 11.8 Å². The molecule has 118 valence electrons. The Morgan fingerprint density at radius 2 is 1.95 bits per heavy atom. The summed E-state index contributed by atoms with van der Waals surface area (Å²) >= 11 is 0. The first-order valence-corrected chi connectivity index (χ1v) is 7.14. The quantitative estimate of drug-likeness (QED) is 0.922. The highest BCUT2D eigenvalue weighted by atomic mass is 16.2. The Bertz CT molecular complexity index is 526. The highest BCUT2D eigenvalue weighted by Gasteiger charge is 2.21. The summed E-state index contributed by atoms with van der Waals surface area (Å²) in [5.74, 6) is 0.306. The van der Waals surface area contributed by atoms with Crippen molar-refractivity contribution in [2.75, 3.05) is 11.9 Å². The highest BCUT2D eigenvalue weighted by molar-refractivity contribution is 5.93. The Labute approximate surface area is 126 Å². The predicted octanol–water partition coefficient (Wildman–Crippen LogP) is 1.91. The summed E-state index contributed by atoms with van der Waals surface area (Å²) in [4.78, 5) is 25.1. The van der Waals surface area contributed by atoms with E-state index in [0.717, 1.165) is 5.69 Å². The lowest BCUT2D eigenvalue weighted by atomic mass is 9.92. The van der Waals surface area contributed by atoms with Crippen molar-refractivity contribution in [2.45, 2.75) is 53.0 Å². The summed E-state index contributed by atoms with van der Waals surface area (Å²) in [5, 5.41) is 7.22. The van der Waals surface area contributed by atoms with E-state index in [1.54, 1.807) is 11.7 Å². The topological polar surface area (TPSA) is 67.2 Å². The van der Waals surface area contributed by atoms with Crippen LogP contribution in [0.3, 0.4) is 0 Å². The number of hydrogen-bond acceptors (Lipinski definition) is 3. The van der Waals surface area contributed by atoms with Crippen LogP contribution in [0.15, 0.2) is 6.07 Å². The van der Waals surface area contributed by atoms with Crippen LogP contribution < -0.4 is 5.32 Å². The standard InChI is InChI=1S/C15H26N4O2/c1-10(2)19(11(3)20)9-14(21)16-13-8-12(15(4,5)6)17-18(13)7/h8,10H,9H2,1-7H3,(H,16,21). The maximum absolute atomic E-state index is 12.1. The number of aryl methyl sites for hydroxylation is 1. The molecule has 0 radical (unpaired) electrons. The summed E-state index contributed by atoms with van der Waals surface area (Å²) in [6, 6.07) is 1.86. The van der Waals surface area contributed by atoms with Crippen molar-refractivity contribution >= 4 is 17.6 Å². The van der Waals surface area contributed by atoms with Crippen LogP contribution >= 0.6 is 0 Å². The van der Waals surface area contributed by atoms with E-state index >= 15 is 0 Å². The third kappa shape index (κ3) is 4.58. The maximum atomic E-state index is 12.1. The van der Waals surface area contributed by atoms with Crippen molar-refractivity contribution in [1.29, 1.82) is 0 Å². The number of anilines is 1. The van der Waals surface area contributed by atoms with Gasteiger partial charge in [0.2, 0.25) is 11.8 Å². The van der Waals surface area contributed by atoms with Crippen LogP contribution in [0.2, 0.25) is 0 Å². The Balaban J connectivity index is 2.80. The molecule has 0 aromatic carbocycles. The molecule has 0 aliphatic carbocycles. The van der Waals surface area contributed by atoms with Gasteiger partial charge < -0.3 is 10.2 Å². The lowest BCUT2D eigenvalue weighted by Gasteiger charge is -2.24. The molecule has 0 atom stereocenters. The van der Waals surface area contributed by atoms with Gasteiger partial charge in [-0.25, -0.2) is 0 Å². The van der Waals surface area contributed by atoms with Crippen LogP contribution in [0.4, 0.5) is 5.82 Å². The minimum absolute atomic E-state index is 0.00933. The normalized spacial score (nSPS) is 11.6. The molecule has 1 aromatic heterocycles. The summed E-state index contributed by atoms with van der Waals surface area (Å²) in [6.45, 7) is 11.5. The number of carbonyl (C=O) groups is 2. The number of hydrogen-bond donors (Lipinski definition) is 1. The van der Waals surface area contributed by atoms with E-state index in [1.807, 2.05) is 19.9 Å². The molecule has 1 rings (SSSR count). The van der Waals surface area contributed by atoms with Crippen molar-refractivity contribution in [3.05, 3.63) is 11.8 Å². The molecular formula is C15H26N4O2. The number of rotatable bonds is 4. The third-order valence-electron chi connectivity index (χ3n) is 3.26. The maximum Gasteiger partial charge on any atom is 0.245 e. The summed E-state index contributed by atoms with van der Waals surface area (Å²) in [5.41, 5.74) is 0.831. The van der Waals surface area contributed by atoms with E-state index in [9.17, 15) is 9.59 Å². The van der Waals surface area contributed by atoms with Gasteiger partial charge >= 0.3 is 0 Å². The van der Waals surface area contributed by atoms with Crippen LogP contribution in [-0.4, -0.2) is 39.1 Å². The van der Waals surface area contributed by atoms with E-state index < -0.39 is 0 Å². The zero-order chi connectivity index (χ0) is 16.4. The SMILES string of the molecule is CC(=O)N(CC(=O)Nc1cc(C(C)(C)C)nn1C)C(C)C. The van der Waals surface area contributed by atoms with Gasteiger partial charge in [-0.1, -0.05) is 20.8 Å². The van der Waals surface area contributed by atoms with E-state index in [-0.39, 0.29) is 29.8 Å². The van der Waals surface area contributed by atoms with Crippen LogP contribution in [0, 0.1) is 0 Å². The third-order valence-corrected chi connectivity index (χ3v) is 3.26. The molecule has 0 aliphatic heterocycles. The average molecular weight is 294 g/mol.